The highest BCUT2D eigenvalue weighted by atomic mass is 79.9. The molecule has 7 heteroatoms. The van der Waals surface area contributed by atoms with E-state index in [1.54, 1.807) is 35.8 Å². The van der Waals surface area contributed by atoms with Gasteiger partial charge in [0.25, 0.3) is 5.91 Å². The lowest BCUT2D eigenvalue weighted by molar-refractivity contribution is 0.0927. The third-order valence-electron chi connectivity index (χ3n) is 6.95. The molecule has 1 N–H and O–H groups in total. The average Bonchev–Trinajstić information content (AvgIpc) is 3.27. The van der Waals surface area contributed by atoms with Crippen LogP contribution in [0.15, 0.2) is 51.9 Å². The van der Waals surface area contributed by atoms with E-state index in [2.05, 4.69) is 21.2 Å². The van der Waals surface area contributed by atoms with Gasteiger partial charge < -0.3 is 10.1 Å². The van der Waals surface area contributed by atoms with Crippen LogP contribution in [0.25, 0.3) is 0 Å². The summed E-state index contributed by atoms with van der Waals surface area (Å²) >= 11 is 5.22. The van der Waals surface area contributed by atoms with Crippen molar-refractivity contribution < 1.29 is 13.9 Å². The number of amides is 1. The Labute approximate surface area is 224 Å². The number of nitrogens with zero attached hydrogens (tertiary/aromatic N) is 1. The fourth-order valence-electron chi connectivity index (χ4n) is 5.00. The highest BCUT2D eigenvalue weighted by Crippen LogP contribution is 2.40. The van der Waals surface area contributed by atoms with Crippen LogP contribution in [-0.4, -0.2) is 18.2 Å². The van der Waals surface area contributed by atoms with Crippen LogP contribution in [0.2, 0.25) is 0 Å². The number of thiophene rings is 1. The Morgan fingerprint density at radius 1 is 1.11 bits per heavy atom. The maximum Gasteiger partial charge on any atom is 0.254 e. The van der Waals surface area contributed by atoms with Gasteiger partial charge in [-0.05, 0) is 89.8 Å². The Morgan fingerprint density at radius 2 is 1.92 bits per heavy atom. The van der Waals surface area contributed by atoms with Crippen LogP contribution in [0.5, 0.6) is 5.75 Å². The van der Waals surface area contributed by atoms with E-state index in [1.807, 2.05) is 18.2 Å². The number of ether oxygens (including phenoxy) is 1. The van der Waals surface area contributed by atoms with E-state index in [0.717, 1.165) is 52.7 Å². The highest BCUT2D eigenvalue weighted by molar-refractivity contribution is 9.10. The van der Waals surface area contributed by atoms with E-state index < -0.39 is 0 Å². The van der Waals surface area contributed by atoms with Crippen molar-refractivity contribution in [3.05, 3.63) is 79.9 Å². The molecule has 4 nitrogen and oxygen atoms in total. The first-order chi connectivity index (χ1) is 17.6. The normalized spacial score (nSPS) is 16.2. The Balaban J connectivity index is 1.33. The van der Waals surface area contributed by atoms with Gasteiger partial charge in [0, 0.05) is 22.7 Å². The van der Waals surface area contributed by atoms with Crippen molar-refractivity contribution in [2.45, 2.75) is 70.4 Å². The number of halogens is 2. The zero-order chi connectivity index (χ0) is 24.9. The van der Waals surface area contributed by atoms with Gasteiger partial charge >= 0.3 is 0 Å². The highest BCUT2D eigenvalue weighted by Gasteiger charge is 2.27. The minimum Gasteiger partial charge on any atom is -0.488 e. The third kappa shape index (κ3) is 5.89. The number of fused-ring (bicyclic) bond motifs is 1. The summed E-state index contributed by atoms with van der Waals surface area (Å²) < 4.78 is 20.5. The summed E-state index contributed by atoms with van der Waals surface area (Å²) in [5.41, 5.74) is 3.38. The molecule has 0 atom stereocenters. The summed E-state index contributed by atoms with van der Waals surface area (Å²) in [6.07, 6.45) is 11.8. The second kappa shape index (κ2) is 11.7. The van der Waals surface area contributed by atoms with Crippen LogP contribution in [0.3, 0.4) is 0 Å². The van der Waals surface area contributed by atoms with Crippen molar-refractivity contribution in [1.82, 2.24) is 5.32 Å². The minimum atomic E-state index is -0.278. The molecular weight excluding hydrogens is 539 g/mol. The van der Waals surface area contributed by atoms with E-state index in [0.29, 0.717) is 11.3 Å². The maximum atomic E-state index is 13.9. The number of carbonyl (C=O) groups is 1. The number of hydrogen-bond acceptors (Lipinski definition) is 4. The first kappa shape index (κ1) is 25.2. The number of nitrogens with one attached hydrogen (secondary N) is 1. The summed E-state index contributed by atoms with van der Waals surface area (Å²) in [4.78, 5) is 19.5. The summed E-state index contributed by atoms with van der Waals surface area (Å²) in [6, 6.07) is 12.6. The third-order valence-corrected chi connectivity index (χ3v) is 8.77. The number of aliphatic imine (C=N–C) groups is 1. The molecular formula is C29H30BrFN2O2S. The monoisotopic (exact) mass is 568 g/mol. The molecule has 36 heavy (non-hydrogen) atoms. The molecule has 3 aromatic rings. The standard InChI is InChI=1S/C29H30BrFN2O2S/c30-23-16-19(14-15-25(23)35-18-20-8-4-6-12-24(20)31)17-32-29-27(22-11-5-7-13-26(22)36-29)28(34)33-21-9-2-1-3-10-21/h4,6,8,12,14-17,21H,1-3,5,7,9-11,13,18H2,(H,33,34). The quantitative estimate of drug-likeness (QED) is 0.294. The van der Waals surface area contributed by atoms with Gasteiger partial charge in [0.1, 0.15) is 23.2 Å². The van der Waals surface area contributed by atoms with Crippen LogP contribution in [0.4, 0.5) is 9.39 Å². The molecule has 0 aliphatic heterocycles. The lowest BCUT2D eigenvalue weighted by Gasteiger charge is -2.23. The van der Waals surface area contributed by atoms with E-state index in [1.165, 1.54) is 42.2 Å². The number of aryl methyl sites for hydroxylation is 1. The number of hydrogen-bond donors (Lipinski definition) is 1. The minimum absolute atomic E-state index is 0.0338. The van der Waals surface area contributed by atoms with Gasteiger partial charge in [-0.1, -0.05) is 37.5 Å². The summed E-state index contributed by atoms with van der Waals surface area (Å²) in [7, 11) is 0. The Morgan fingerprint density at radius 3 is 2.72 bits per heavy atom. The van der Waals surface area contributed by atoms with Gasteiger partial charge in [-0.15, -0.1) is 11.3 Å². The molecule has 0 saturated heterocycles. The first-order valence-electron chi connectivity index (χ1n) is 12.7. The molecule has 1 heterocycles. The van der Waals surface area contributed by atoms with Crippen molar-refractivity contribution in [1.29, 1.82) is 0 Å². The predicted molar refractivity (Wildman–Crippen MR) is 147 cm³/mol. The second-order valence-corrected chi connectivity index (χ2v) is 11.5. The first-order valence-corrected chi connectivity index (χ1v) is 14.3. The van der Waals surface area contributed by atoms with Crippen LogP contribution < -0.4 is 10.1 Å². The molecule has 2 aliphatic carbocycles. The summed E-state index contributed by atoms with van der Waals surface area (Å²) in [5.74, 6) is 0.389. The molecule has 188 valence electrons. The molecule has 0 bridgehead atoms. The van der Waals surface area contributed by atoms with Crippen molar-refractivity contribution in [3.63, 3.8) is 0 Å². The fraction of sp³-hybridized carbons (Fsp3) is 0.379. The maximum absolute atomic E-state index is 13.9. The van der Waals surface area contributed by atoms with E-state index in [-0.39, 0.29) is 24.4 Å². The van der Waals surface area contributed by atoms with Crippen LogP contribution in [-0.2, 0) is 19.4 Å². The Kier molecular flexibility index (Phi) is 8.17. The molecule has 0 radical (unpaired) electrons. The SMILES string of the molecule is O=C(NC1CCCCC1)c1c(N=Cc2ccc(OCc3ccccc3F)c(Br)c2)sc2c1CCCC2. The Hall–Kier alpha value is -2.51. The molecule has 1 saturated carbocycles. The Bertz CT molecular complexity index is 1270. The summed E-state index contributed by atoms with van der Waals surface area (Å²) in [6.45, 7) is 0.152. The van der Waals surface area contributed by atoms with Crippen molar-refractivity contribution >= 4 is 44.4 Å². The topological polar surface area (TPSA) is 50.7 Å². The van der Waals surface area contributed by atoms with Crippen molar-refractivity contribution in [2.24, 2.45) is 4.99 Å². The lowest BCUT2D eigenvalue weighted by atomic mass is 9.93. The molecule has 2 aromatic carbocycles. The average molecular weight is 570 g/mol. The fourth-order valence-corrected chi connectivity index (χ4v) is 6.74. The van der Waals surface area contributed by atoms with E-state index in [4.69, 9.17) is 9.73 Å². The van der Waals surface area contributed by atoms with E-state index >= 15 is 0 Å². The van der Waals surface area contributed by atoms with E-state index in [9.17, 15) is 9.18 Å². The number of rotatable bonds is 7. The van der Waals surface area contributed by atoms with Crippen LogP contribution in [0, 0.1) is 5.82 Å². The van der Waals surface area contributed by atoms with Crippen LogP contribution in [0.1, 0.15) is 76.9 Å². The van der Waals surface area contributed by atoms with Gasteiger partial charge in [0.15, 0.2) is 0 Å². The smallest absolute Gasteiger partial charge is 0.254 e. The van der Waals surface area contributed by atoms with Crippen molar-refractivity contribution in [2.75, 3.05) is 0 Å². The van der Waals surface area contributed by atoms with Gasteiger partial charge in [-0.3, -0.25) is 4.79 Å². The number of benzene rings is 2. The molecule has 1 aromatic heterocycles. The second-order valence-electron chi connectivity index (χ2n) is 9.53. The molecule has 2 aliphatic rings. The van der Waals surface area contributed by atoms with Gasteiger partial charge in [0.2, 0.25) is 0 Å². The lowest BCUT2D eigenvalue weighted by Crippen LogP contribution is -2.36. The van der Waals surface area contributed by atoms with Gasteiger partial charge in [0.05, 0.1) is 10.0 Å². The van der Waals surface area contributed by atoms with Crippen molar-refractivity contribution in [3.8, 4) is 5.75 Å². The molecule has 0 unspecified atom stereocenters. The molecule has 0 spiro atoms. The molecule has 1 fully saturated rings. The molecule has 1 amide bonds. The van der Waals surface area contributed by atoms with Gasteiger partial charge in [-0.25, -0.2) is 9.38 Å². The zero-order valence-electron chi connectivity index (χ0n) is 20.2. The largest absolute Gasteiger partial charge is 0.488 e. The molecule has 5 rings (SSSR count). The predicted octanol–water partition coefficient (Wildman–Crippen LogP) is 7.92. The van der Waals surface area contributed by atoms with Gasteiger partial charge in [-0.2, -0.15) is 0 Å². The van der Waals surface area contributed by atoms with Crippen LogP contribution >= 0.6 is 27.3 Å². The zero-order valence-corrected chi connectivity index (χ0v) is 22.6. The summed E-state index contributed by atoms with van der Waals surface area (Å²) in [5, 5.41) is 4.10. The number of carbonyl (C=O) groups excluding carboxylic acids is 1.